The molecule has 0 bridgehead atoms. The number of hydrogen-bond acceptors (Lipinski definition) is 1. The Morgan fingerprint density at radius 3 is 2.71 bits per heavy atom. The summed E-state index contributed by atoms with van der Waals surface area (Å²) in [5.41, 5.74) is 1.32. The lowest BCUT2D eigenvalue weighted by Gasteiger charge is -2.12. The van der Waals surface area contributed by atoms with E-state index in [2.05, 4.69) is 59.4 Å². The average Bonchev–Trinajstić information content (AvgIpc) is 2.91. The molecule has 0 saturated heterocycles. The molecule has 0 spiro atoms. The summed E-state index contributed by atoms with van der Waals surface area (Å²) in [5, 5.41) is 2.59. The number of benzene rings is 2. The Kier molecular flexibility index (Phi) is 2.41. The molecule has 0 unspecified atom stereocenters. The summed E-state index contributed by atoms with van der Waals surface area (Å²) in [4.78, 5) is 7.53. The van der Waals surface area contributed by atoms with Crippen LogP contribution in [0.3, 0.4) is 0 Å². The fourth-order valence-electron chi connectivity index (χ4n) is 2.29. The highest BCUT2D eigenvalue weighted by molar-refractivity contribution is 5.86. The summed E-state index contributed by atoms with van der Waals surface area (Å²) in [7, 11) is 0. The monoisotopic (exact) mass is 222 g/mol. The van der Waals surface area contributed by atoms with Crippen LogP contribution >= 0.6 is 0 Å². The number of hydrogen-bond donors (Lipinski definition) is 1. The van der Waals surface area contributed by atoms with Crippen molar-refractivity contribution in [3.8, 4) is 0 Å². The summed E-state index contributed by atoms with van der Waals surface area (Å²) < 4.78 is 0. The van der Waals surface area contributed by atoms with Gasteiger partial charge in [-0.05, 0) is 16.3 Å². The minimum Gasteiger partial charge on any atom is -0.348 e. The Morgan fingerprint density at radius 1 is 1.06 bits per heavy atom. The molecule has 1 aromatic heterocycles. The van der Waals surface area contributed by atoms with Gasteiger partial charge < -0.3 is 4.98 Å². The second-order valence-corrected chi connectivity index (χ2v) is 4.26. The van der Waals surface area contributed by atoms with Gasteiger partial charge in [0.1, 0.15) is 5.82 Å². The van der Waals surface area contributed by atoms with E-state index in [9.17, 15) is 0 Å². The molecule has 17 heavy (non-hydrogen) atoms. The molecule has 0 aliphatic rings. The van der Waals surface area contributed by atoms with Crippen molar-refractivity contribution in [2.45, 2.75) is 12.8 Å². The molecule has 2 heteroatoms. The van der Waals surface area contributed by atoms with E-state index >= 15 is 0 Å². The molecule has 3 aromatic rings. The van der Waals surface area contributed by atoms with Crippen LogP contribution < -0.4 is 0 Å². The molecular weight excluding hydrogens is 208 g/mol. The molecule has 2 nitrogen and oxygen atoms in total. The number of aromatic amines is 1. The lowest BCUT2D eigenvalue weighted by Crippen LogP contribution is -1.99. The van der Waals surface area contributed by atoms with Crippen molar-refractivity contribution >= 4 is 10.8 Å². The zero-order chi connectivity index (χ0) is 11.7. The van der Waals surface area contributed by atoms with Gasteiger partial charge in [-0.15, -0.1) is 0 Å². The highest BCUT2D eigenvalue weighted by Gasteiger charge is 2.12. The molecule has 0 amide bonds. The maximum Gasteiger partial charge on any atom is 0.113 e. The third kappa shape index (κ3) is 1.72. The van der Waals surface area contributed by atoms with Crippen molar-refractivity contribution < 1.29 is 0 Å². The molecule has 0 fully saturated rings. The van der Waals surface area contributed by atoms with Crippen molar-refractivity contribution in [3.63, 3.8) is 0 Å². The SMILES string of the molecule is C[C@@H](c1ncc[nH]1)c1cccc2ccccc12. The normalized spacial score (nSPS) is 12.8. The Bertz CT molecular complexity index is 621. The van der Waals surface area contributed by atoms with Crippen molar-refractivity contribution in [3.05, 3.63) is 66.2 Å². The van der Waals surface area contributed by atoms with E-state index in [0.29, 0.717) is 0 Å². The predicted octanol–water partition coefficient (Wildman–Crippen LogP) is 3.71. The van der Waals surface area contributed by atoms with E-state index in [0.717, 1.165) is 5.82 Å². The fraction of sp³-hybridized carbons (Fsp3) is 0.133. The van der Waals surface area contributed by atoms with E-state index in [1.165, 1.54) is 16.3 Å². The molecule has 1 heterocycles. The zero-order valence-electron chi connectivity index (χ0n) is 9.72. The van der Waals surface area contributed by atoms with Gasteiger partial charge in [0.15, 0.2) is 0 Å². The number of imidazole rings is 1. The number of H-pyrrole nitrogens is 1. The molecule has 0 radical (unpaired) electrons. The summed E-state index contributed by atoms with van der Waals surface area (Å²) >= 11 is 0. The number of fused-ring (bicyclic) bond motifs is 1. The van der Waals surface area contributed by atoms with E-state index < -0.39 is 0 Å². The van der Waals surface area contributed by atoms with Gasteiger partial charge >= 0.3 is 0 Å². The third-order valence-corrected chi connectivity index (χ3v) is 3.22. The molecule has 2 aromatic carbocycles. The fourth-order valence-corrected chi connectivity index (χ4v) is 2.29. The maximum atomic E-state index is 4.34. The molecule has 1 N–H and O–H groups in total. The first kappa shape index (κ1) is 10.1. The summed E-state index contributed by atoms with van der Waals surface area (Å²) in [6.07, 6.45) is 3.67. The first-order chi connectivity index (χ1) is 8.36. The van der Waals surface area contributed by atoms with Crippen LogP contribution in [0.5, 0.6) is 0 Å². The van der Waals surface area contributed by atoms with Gasteiger partial charge in [0.25, 0.3) is 0 Å². The molecular formula is C15H14N2. The number of nitrogens with one attached hydrogen (secondary N) is 1. The smallest absolute Gasteiger partial charge is 0.113 e. The molecule has 84 valence electrons. The van der Waals surface area contributed by atoms with Crippen LogP contribution in [0.1, 0.15) is 24.2 Å². The highest BCUT2D eigenvalue weighted by atomic mass is 14.9. The Labute approximate surface area is 100 Å². The van der Waals surface area contributed by atoms with Gasteiger partial charge in [-0.2, -0.15) is 0 Å². The Balaban J connectivity index is 2.17. The Hall–Kier alpha value is -2.09. The number of aromatic nitrogens is 2. The van der Waals surface area contributed by atoms with Crippen molar-refractivity contribution in [2.75, 3.05) is 0 Å². The molecule has 0 aliphatic heterocycles. The molecule has 0 aliphatic carbocycles. The lowest BCUT2D eigenvalue weighted by atomic mass is 9.94. The van der Waals surface area contributed by atoms with Crippen LogP contribution in [0, 0.1) is 0 Å². The van der Waals surface area contributed by atoms with Crippen LogP contribution in [0.4, 0.5) is 0 Å². The molecule has 3 rings (SSSR count). The maximum absolute atomic E-state index is 4.34. The lowest BCUT2D eigenvalue weighted by molar-refractivity contribution is 0.847. The van der Waals surface area contributed by atoms with Crippen LogP contribution in [0.2, 0.25) is 0 Å². The zero-order valence-corrected chi connectivity index (χ0v) is 9.72. The van der Waals surface area contributed by atoms with E-state index in [1.807, 2.05) is 6.20 Å². The summed E-state index contributed by atoms with van der Waals surface area (Å²) in [6.45, 7) is 2.18. The number of nitrogens with zero attached hydrogens (tertiary/aromatic N) is 1. The quantitative estimate of drug-likeness (QED) is 0.703. The van der Waals surface area contributed by atoms with Gasteiger partial charge in [-0.3, -0.25) is 0 Å². The third-order valence-electron chi connectivity index (χ3n) is 3.22. The van der Waals surface area contributed by atoms with E-state index in [1.54, 1.807) is 6.20 Å². The highest BCUT2D eigenvalue weighted by Crippen LogP contribution is 2.28. The standard InChI is InChI=1S/C15H14N2/c1-11(15-16-9-10-17-15)13-8-4-6-12-5-2-3-7-14(12)13/h2-11H,1H3,(H,16,17)/t11-/m1/s1. The second kappa shape index (κ2) is 4.06. The largest absolute Gasteiger partial charge is 0.348 e. The molecule has 1 atom stereocenters. The van der Waals surface area contributed by atoms with Crippen molar-refractivity contribution in [2.24, 2.45) is 0 Å². The van der Waals surface area contributed by atoms with Gasteiger partial charge in [0, 0.05) is 18.3 Å². The summed E-state index contributed by atoms with van der Waals surface area (Å²) in [6, 6.07) is 14.9. The minimum atomic E-state index is 0.288. The molecule has 0 saturated carbocycles. The minimum absolute atomic E-state index is 0.288. The van der Waals surface area contributed by atoms with Gasteiger partial charge in [0.2, 0.25) is 0 Å². The number of rotatable bonds is 2. The van der Waals surface area contributed by atoms with Gasteiger partial charge in [-0.25, -0.2) is 4.98 Å². The Morgan fingerprint density at radius 2 is 1.88 bits per heavy atom. The first-order valence-corrected chi connectivity index (χ1v) is 5.83. The predicted molar refractivity (Wildman–Crippen MR) is 70.1 cm³/mol. The van der Waals surface area contributed by atoms with Crippen LogP contribution in [-0.4, -0.2) is 9.97 Å². The van der Waals surface area contributed by atoms with E-state index in [-0.39, 0.29) is 5.92 Å². The summed E-state index contributed by atoms with van der Waals surface area (Å²) in [5.74, 6) is 1.30. The van der Waals surface area contributed by atoms with Crippen LogP contribution in [-0.2, 0) is 0 Å². The van der Waals surface area contributed by atoms with Crippen molar-refractivity contribution in [1.29, 1.82) is 0 Å². The van der Waals surface area contributed by atoms with E-state index in [4.69, 9.17) is 0 Å². The van der Waals surface area contributed by atoms with Crippen LogP contribution in [0.15, 0.2) is 54.9 Å². The topological polar surface area (TPSA) is 28.7 Å². The average molecular weight is 222 g/mol. The van der Waals surface area contributed by atoms with Crippen molar-refractivity contribution in [1.82, 2.24) is 9.97 Å². The first-order valence-electron chi connectivity index (χ1n) is 5.83. The van der Waals surface area contributed by atoms with Gasteiger partial charge in [-0.1, -0.05) is 49.4 Å². The van der Waals surface area contributed by atoms with Crippen LogP contribution in [0.25, 0.3) is 10.8 Å². The second-order valence-electron chi connectivity index (χ2n) is 4.26. The van der Waals surface area contributed by atoms with Gasteiger partial charge in [0.05, 0.1) is 0 Å².